The summed E-state index contributed by atoms with van der Waals surface area (Å²) in [5.74, 6) is -0.540. The quantitative estimate of drug-likeness (QED) is 0.693. The summed E-state index contributed by atoms with van der Waals surface area (Å²) in [6, 6.07) is 3.89. The molecule has 0 radical (unpaired) electrons. The highest BCUT2D eigenvalue weighted by molar-refractivity contribution is 5.82. The minimum absolute atomic E-state index is 0.0499. The molecule has 0 aliphatic heterocycles. The standard InChI is InChI=1S/C17H19F2N5O/c1-3-4-8-25-17-22-15(20)14-16(23-17)24(10(2)21-14)9-11-12(18)6-5-7-13(11)19/h5-7H,3-4,8-9H2,1-2H3,(H2,20,22,23). The van der Waals surface area contributed by atoms with Crippen molar-refractivity contribution in [1.29, 1.82) is 0 Å². The second-order valence-electron chi connectivity index (χ2n) is 5.71. The number of nitrogens with two attached hydrogens (primary N) is 1. The maximum atomic E-state index is 14.0. The Bertz CT molecular complexity index is 889. The highest BCUT2D eigenvalue weighted by atomic mass is 19.1. The molecule has 2 N–H and O–H groups in total. The van der Waals surface area contributed by atoms with E-state index in [0.717, 1.165) is 12.8 Å². The first-order valence-electron chi connectivity index (χ1n) is 8.07. The molecule has 6 nitrogen and oxygen atoms in total. The van der Waals surface area contributed by atoms with Gasteiger partial charge >= 0.3 is 6.01 Å². The van der Waals surface area contributed by atoms with Crippen LogP contribution < -0.4 is 10.5 Å². The molecule has 1 aromatic carbocycles. The van der Waals surface area contributed by atoms with Crippen LogP contribution in [0.1, 0.15) is 31.2 Å². The van der Waals surface area contributed by atoms with E-state index >= 15 is 0 Å². The van der Waals surface area contributed by atoms with E-state index in [0.29, 0.717) is 23.6 Å². The molecule has 8 heteroatoms. The lowest BCUT2D eigenvalue weighted by molar-refractivity contribution is 0.286. The molecule has 2 aromatic heterocycles. The SMILES string of the molecule is CCCCOc1nc(N)c2nc(C)n(Cc3c(F)cccc3F)c2n1. The van der Waals surface area contributed by atoms with Gasteiger partial charge in [0.1, 0.15) is 17.5 Å². The average Bonchev–Trinajstić information content (AvgIpc) is 2.88. The third-order valence-electron chi connectivity index (χ3n) is 3.90. The second-order valence-corrected chi connectivity index (χ2v) is 5.71. The number of hydrogen-bond acceptors (Lipinski definition) is 5. The number of aryl methyl sites for hydroxylation is 1. The molecular formula is C17H19F2N5O. The Kier molecular flexibility index (Phi) is 4.78. The Morgan fingerprint density at radius 3 is 2.56 bits per heavy atom. The molecule has 0 aliphatic rings. The fourth-order valence-corrected chi connectivity index (χ4v) is 2.51. The zero-order valence-corrected chi connectivity index (χ0v) is 14.1. The van der Waals surface area contributed by atoms with E-state index in [9.17, 15) is 8.78 Å². The first-order valence-corrected chi connectivity index (χ1v) is 8.07. The highest BCUT2D eigenvalue weighted by Gasteiger charge is 2.18. The molecule has 0 aliphatic carbocycles. The Balaban J connectivity index is 2.04. The molecule has 2 heterocycles. The third kappa shape index (κ3) is 3.38. The van der Waals surface area contributed by atoms with Gasteiger partial charge < -0.3 is 15.0 Å². The predicted octanol–water partition coefficient (Wildman–Crippen LogP) is 3.22. The lowest BCUT2D eigenvalue weighted by atomic mass is 10.2. The number of aromatic nitrogens is 4. The second kappa shape index (κ2) is 7.00. The molecule has 0 unspecified atom stereocenters. The van der Waals surface area contributed by atoms with Crippen molar-refractivity contribution in [3.8, 4) is 6.01 Å². The molecule has 132 valence electrons. The van der Waals surface area contributed by atoms with Gasteiger partial charge in [-0.2, -0.15) is 9.97 Å². The van der Waals surface area contributed by atoms with Crippen LogP contribution in [0, 0.1) is 18.6 Å². The number of halogens is 2. The number of benzene rings is 1. The summed E-state index contributed by atoms with van der Waals surface area (Å²) in [5, 5.41) is 0. The van der Waals surface area contributed by atoms with Gasteiger partial charge in [0.25, 0.3) is 0 Å². The summed E-state index contributed by atoms with van der Waals surface area (Å²) in [4.78, 5) is 12.7. The average molecular weight is 347 g/mol. The fraction of sp³-hybridized carbons (Fsp3) is 0.353. The molecule has 0 fully saturated rings. The predicted molar refractivity (Wildman–Crippen MR) is 90.3 cm³/mol. The summed E-state index contributed by atoms with van der Waals surface area (Å²) in [6.45, 7) is 4.18. The van der Waals surface area contributed by atoms with Gasteiger partial charge in [0, 0.05) is 5.56 Å². The van der Waals surface area contributed by atoms with Crippen molar-refractivity contribution >= 4 is 17.0 Å². The fourth-order valence-electron chi connectivity index (χ4n) is 2.51. The van der Waals surface area contributed by atoms with E-state index in [1.807, 2.05) is 6.92 Å². The van der Waals surface area contributed by atoms with Crippen LogP contribution >= 0.6 is 0 Å². The number of imidazole rings is 1. The molecule has 0 amide bonds. The number of anilines is 1. The van der Waals surface area contributed by atoms with E-state index < -0.39 is 11.6 Å². The molecular weight excluding hydrogens is 328 g/mol. The van der Waals surface area contributed by atoms with Crippen molar-refractivity contribution < 1.29 is 13.5 Å². The third-order valence-corrected chi connectivity index (χ3v) is 3.90. The number of nitrogens with zero attached hydrogens (tertiary/aromatic N) is 4. The van der Waals surface area contributed by atoms with Crippen LogP contribution in [0.2, 0.25) is 0 Å². The van der Waals surface area contributed by atoms with Crippen LogP contribution in [-0.2, 0) is 6.54 Å². The summed E-state index contributed by atoms with van der Waals surface area (Å²) in [6.07, 6.45) is 1.83. The number of hydrogen-bond donors (Lipinski definition) is 1. The summed E-state index contributed by atoms with van der Waals surface area (Å²) in [5.41, 5.74) is 6.66. The zero-order chi connectivity index (χ0) is 18.0. The van der Waals surface area contributed by atoms with E-state index in [1.165, 1.54) is 18.2 Å². The largest absolute Gasteiger partial charge is 0.463 e. The van der Waals surface area contributed by atoms with Gasteiger partial charge in [0.15, 0.2) is 17.0 Å². The van der Waals surface area contributed by atoms with E-state index in [-0.39, 0.29) is 23.9 Å². The van der Waals surface area contributed by atoms with Gasteiger partial charge in [0.05, 0.1) is 13.2 Å². The van der Waals surface area contributed by atoms with Crippen molar-refractivity contribution in [1.82, 2.24) is 19.5 Å². The summed E-state index contributed by atoms with van der Waals surface area (Å²) in [7, 11) is 0. The van der Waals surface area contributed by atoms with E-state index in [4.69, 9.17) is 10.5 Å². The minimum Gasteiger partial charge on any atom is -0.463 e. The molecule has 0 bridgehead atoms. The number of unbranched alkanes of at least 4 members (excludes halogenated alkanes) is 1. The van der Waals surface area contributed by atoms with Crippen LogP contribution in [0.3, 0.4) is 0 Å². The van der Waals surface area contributed by atoms with Crippen LogP contribution in [0.5, 0.6) is 6.01 Å². The Morgan fingerprint density at radius 2 is 1.88 bits per heavy atom. The monoisotopic (exact) mass is 347 g/mol. The first kappa shape index (κ1) is 17.1. The smallest absolute Gasteiger partial charge is 0.320 e. The molecule has 25 heavy (non-hydrogen) atoms. The molecule has 3 rings (SSSR count). The van der Waals surface area contributed by atoms with Gasteiger partial charge in [0.2, 0.25) is 0 Å². The Morgan fingerprint density at radius 1 is 1.16 bits per heavy atom. The van der Waals surface area contributed by atoms with Gasteiger partial charge in [-0.25, -0.2) is 13.8 Å². The molecule has 0 spiro atoms. The number of rotatable bonds is 6. The first-order chi connectivity index (χ1) is 12.0. The lowest BCUT2D eigenvalue weighted by Crippen LogP contribution is -2.09. The van der Waals surface area contributed by atoms with E-state index in [1.54, 1.807) is 11.5 Å². The molecule has 0 saturated heterocycles. The zero-order valence-electron chi connectivity index (χ0n) is 14.1. The number of nitrogen functional groups attached to an aromatic ring is 1. The van der Waals surface area contributed by atoms with E-state index in [2.05, 4.69) is 15.0 Å². The Hall–Kier alpha value is -2.77. The summed E-state index contributed by atoms with van der Waals surface area (Å²) < 4.78 is 35.1. The lowest BCUT2D eigenvalue weighted by Gasteiger charge is -2.09. The van der Waals surface area contributed by atoms with Crippen LogP contribution in [0.25, 0.3) is 11.2 Å². The van der Waals surface area contributed by atoms with Gasteiger partial charge in [-0.3, -0.25) is 0 Å². The highest BCUT2D eigenvalue weighted by Crippen LogP contribution is 2.24. The number of ether oxygens (including phenoxy) is 1. The molecule has 3 aromatic rings. The van der Waals surface area contributed by atoms with Crippen LogP contribution in [0.15, 0.2) is 18.2 Å². The number of fused-ring (bicyclic) bond motifs is 1. The maximum Gasteiger partial charge on any atom is 0.320 e. The normalized spacial score (nSPS) is 11.2. The Labute approximate surface area is 143 Å². The van der Waals surface area contributed by atoms with Crippen molar-refractivity contribution in [3.05, 3.63) is 41.2 Å². The van der Waals surface area contributed by atoms with Crippen molar-refractivity contribution in [2.45, 2.75) is 33.2 Å². The topological polar surface area (TPSA) is 78.9 Å². The van der Waals surface area contributed by atoms with Crippen molar-refractivity contribution in [2.24, 2.45) is 0 Å². The van der Waals surface area contributed by atoms with Gasteiger partial charge in [-0.1, -0.05) is 19.4 Å². The maximum absolute atomic E-state index is 14.0. The molecule has 0 atom stereocenters. The minimum atomic E-state index is -0.623. The molecule has 0 saturated carbocycles. The van der Waals surface area contributed by atoms with Crippen LogP contribution in [0.4, 0.5) is 14.6 Å². The summed E-state index contributed by atoms with van der Waals surface area (Å²) >= 11 is 0. The van der Waals surface area contributed by atoms with Gasteiger partial charge in [-0.15, -0.1) is 0 Å². The van der Waals surface area contributed by atoms with Crippen LogP contribution in [-0.4, -0.2) is 26.1 Å². The van der Waals surface area contributed by atoms with Gasteiger partial charge in [-0.05, 0) is 25.5 Å². The van der Waals surface area contributed by atoms with Crippen molar-refractivity contribution in [3.63, 3.8) is 0 Å². The van der Waals surface area contributed by atoms with Crippen molar-refractivity contribution in [2.75, 3.05) is 12.3 Å².